The lowest BCUT2D eigenvalue weighted by Gasteiger charge is -2.04. The van der Waals surface area contributed by atoms with Crippen molar-refractivity contribution in [2.24, 2.45) is 5.10 Å². The first-order chi connectivity index (χ1) is 13.2. The number of nitrogens with one attached hydrogen (secondary N) is 1. The molecule has 0 radical (unpaired) electrons. The maximum atomic E-state index is 12.2. The van der Waals surface area contributed by atoms with Gasteiger partial charge in [0.25, 0.3) is 0 Å². The number of hydrogen-bond donors (Lipinski definition) is 2. The van der Waals surface area contributed by atoms with Crippen molar-refractivity contribution in [3.8, 4) is 5.75 Å². The third-order valence-electron chi connectivity index (χ3n) is 4.07. The average Bonchev–Trinajstić information content (AvgIpc) is 3.36. The molecule has 7 nitrogen and oxygen atoms in total. The molecular formula is C20H16N4O3. The van der Waals surface area contributed by atoms with Crippen molar-refractivity contribution >= 4 is 22.9 Å². The number of amides is 1. The lowest BCUT2D eigenvalue weighted by molar-refractivity contribution is 0.0925. The number of aromatic nitrogens is 2. The van der Waals surface area contributed by atoms with Gasteiger partial charge in [-0.15, -0.1) is 0 Å². The zero-order valence-electron chi connectivity index (χ0n) is 14.2. The number of aromatic hydroxyl groups is 1. The van der Waals surface area contributed by atoms with Gasteiger partial charge in [0, 0.05) is 18.0 Å². The third-order valence-corrected chi connectivity index (χ3v) is 4.07. The Kier molecular flexibility index (Phi) is 4.40. The highest BCUT2D eigenvalue weighted by Crippen LogP contribution is 2.25. The van der Waals surface area contributed by atoms with Gasteiger partial charge in [-0.25, -0.2) is 5.43 Å². The molecule has 2 heterocycles. The lowest BCUT2D eigenvalue weighted by Crippen LogP contribution is -2.16. The van der Waals surface area contributed by atoms with Crippen molar-refractivity contribution in [1.82, 2.24) is 15.2 Å². The Balaban J connectivity index is 1.47. The highest BCUT2D eigenvalue weighted by molar-refractivity contribution is 6.02. The van der Waals surface area contributed by atoms with Crippen LogP contribution in [0.15, 0.2) is 76.5 Å². The zero-order valence-corrected chi connectivity index (χ0v) is 14.2. The van der Waals surface area contributed by atoms with Crippen LogP contribution in [0, 0.1) is 0 Å². The Hall–Kier alpha value is -3.87. The van der Waals surface area contributed by atoms with E-state index in [0.29, 0.717) is 17.9 Å². The second-order valence-corrected chi connectivity index (χ2v) is 5.89. The van der Waals surface area contributed by atoms with E-state index in [2.05, 4.69) is 15.6 Å². The smallest absolute Gasteiger partial charge is 0.307 e. The Morgan fingerprint density at radius 1 is 1.19 bits per heavy atom. The fourth-order valence-corrected chi connectivity index (χ4v) is 2.77. The molecule has 0 spiro atoms. The van der Waals surface area contributed by atoms with E-state index < -0.39 is 5.91 Å². The molecule has 2 N–H and O–H groups in total. The minimum atomic E-state index is -0.474. The Bertz CT molecular complexity index is 1110. The van der Waals surface area contributed by atoms with E-state index >= 15 is 0 Å². The second-order valence-electron chi connectivity index (χ2n) is 5.89. The molecule has 4 aromatic rings. The molecule has 27 heavy (non-hydrogen) atoms. The summed E-state index contributed by atoms with van der Waals surface area (Å²) < 4.78 is 7.22. The molecular weight excluding hydrogens is 344 g/mol. The fraction of sp³-hybridized carbons (Fsp3) is 0.0500. The summed E-state index contributed by atoms with van der Waals surface area (Å²) in [6, 6.07) is 16.1. The predicted molar refractivity (Wildman–Crippen MR) is 101 cm³/mol. The van der Waals surface area contributed by atoms with E-state index in [0.717, 1.165) is 10.8 Å². The molecule has 0 bridgehead atoms. The number of nitrogens with zero attached hydrogens (tertiary/aromatic N) is 3. The largest absolute Gasteiger partial charge is 0.507 e. The van der Waals surface area contributed by atoms with Gasteiger partial charge < -0.3 is 9.52 Å². The summed E-state index contributed by atoms with van der Waals surface area (Å²) in [6.45, 7) is 0.438. The fourth-order valence-electron chi connectivity index (χ4n) is 2.77. The minimum absolute atomic E-state index is 0.0891. The first-order valence-corrected chi connectivity index (χ1v) is 8.31. The van der Waals surface area contributed by atoms with Gasteiger partial charge in [0.05, 0.1) is 12.8 Å². The standard InChI is InChI=1S/C20H16N4O3/c25-18-8-6-14-4-1-2-5-16(14)17(18)12-21-23-20(26)19-9-7-15(27-19)13-24-11-3-10-22-24/h1-12,25H,13H2,(H,23,26). The van der Waals surface area contributed by atoms with Gasteiger partial charge in [0.1, 0.15) is 11.5 Å². The molecule has 0 aliphatic carbocycles. The number of benzene rings is 2. The molecule has 1 amide bonds. The van der Waals surface area contributed by atoms with Crippen molar-refractivity contribution in [3.63, 3.8) is 0 Å². The minimum Gasteiger partial charge on any atom is -0.507 e. The van der Waals surface area contributed by atoms with Crippen LogP contribution in [0.5, 0.6) is 5.75 Å². The number of carbonyl (C=O) groups is 1. The Morgan fingerprint density at radius 2 is 2.07 bits per heavy atom. The summed E-state index contributed by atoms with van der Waals surface area (Å²) in [6.07, 6.45) is 4.90. The number of hydrazone groups is 1. The molecule has 0 unspecified atom stereocenters. The first-order valence-electron chi connectivity index (χ1n) is 8.31. The van der Waals surface area contributed by atoms with Gasteiger partial charge in [-0.1, -0.05) is 30.3 Å². The van der Waals surface area contributed by atoms with Gasteiger partial charge in [-0.05, 0) is 35.0 Å². The molecule has 2 aromatic heterocycles. The number of rotatable bonds is 5. The summed E-state index contributed by atoms with van der Waals surface area (Å²) in [5.74, 6) is 0.375. The number of phenolic OH excluding ortho intramolecular Hbond substituents is 1. The lowest BCUT2D eigenvalue weighted by atomic mass is 10.0. The maximum absolute atomic E-state index is 12.2. The predicted octanol–water partition coefficient (Wildman–Crippen LogP) is 3.15. The molecule has 0 fully saturated rings. The van der Waals surface area contributed by atoms with Crippen molar-refractivity contribution in [2.75, 3.05) is 0 Å². The van der Waals surface area contributed by atoms with E-state index in [-0.39, 0.29) is 11.5 Å². The maximum Gasteiger partial charge on any atom is 0.307 e. The average molecular weight is 360 g/mol. The summed E-state index contributed by atoms with van der Waals surface area (Å²) in [5, 5.41) is 19.9. The zero-order chi connectivity index (χ0) is 18.6. The molecule has 134 valence electrons. The van der Waals surface area contributed by atoms with Crippen LogP contribution in [0.25, 0.3) is 10.8 Å². The summed E-state index contributed by atoms with van der Waals surface area (Å²) >= 11 is 0. The molecule has 0 atom stereocenters. The highest BCUT2D eigenvalue weighted by Gasteiger charge is 2.11. The van der Waals surface area contributed by atoms with Crippen molar-refractivity contribution in [1.29, 1.82) is 0 Å². The molecule has 0 aliphatic heterocycles. The van der Waals surface area contributed by atoms with Crippen LogP contribution in [-0.4, -0.2) is 27.0 Å². The summed E-state index contributed by atoms with van der Waals surface area (Å²) in [7, 11) is 0. The summed E-state index contributed by atoms with van der Waals surface area (Å²) in [5.41, 5.74) is 2.95. The third kappa shape index (κ3) is 3.57. The topological polar surface area (TPSA) is 92.7 Å². The van der Waals surface area contributed by atoms with Crippen LogP contribution in [0.4, 0.5) is 0 Å². The van der Waals surface area contributed by atoms with E-state index in [4.69, 9.17) is 4.42 Å². The molecule has 0 saturated heterocycles. The van der Waals surface area contributed by atoms with Crippen LogP contribution < -0.4 is 5.43 Å². The molecule has 0 saturated carbocycles. The summed E-state index contributed by atoms with van der Waals surface area (Å²) in [4.78, 5) is 12.2. The highest BCUT2D eigenvalue weighted by atomic mass is 16.4. The Morgan fingerprint density at radius 3 is 2.93 bits per heavy atom. The number of furan rings is 1. The van der Waals surface area contributed by atoms with Gasteiger partial charge >= 0.3 is 5.91 Å². The molecule has 0 aliphatic rings. The molecule has 7 heteroatoms. The number of carbonyl (C=O) groups excluding carboxylic acids is 1. The van der Waals surface area contributed by atoms with E-state index in [1.807, 2.05) is 42.6 Å². The van der Waals surface area contributed by atoms with Gasteiger partial charge in [-0.2, -0.15) is 10.2 Å². The normalized spacial score (nSPS) is 11.3. The number of fused-ring (bicyclic) bond motifs is 1. The quantitative estimate of drug-likeness (QED) is 0.422. The van der Waals surface area contributed by atoms with Gasteiger partial charge in [0.15, 0.2) is 5.76 Å². The molecule has 4 rings (SSSR count). The van der Waals surface area contributed by atoms with Gasteiger partial charge in [-0.3, -0.25) is 9.48 Å². The SMILES string of the molecule is O=C(NN=Cc1c(O)ccc2ccccc12)c1ccc(Cn2cccn2)o1. The van der Waals surface area contributed by atoms with Crippen molar-refractivity contribution < 1.29 is 14.3 Å². The van der Waals surface area contributed by atoms with Crippen molar-refractivity contribution in [3.05, 3.63) is 84.1 Å². The Labute approximate surface area is 154 Å². The second kappa shape index (κ2) is 7.17. The van der Waals surface area contributed by atoms with Crippen LogP contribution in [0.3, 0.4) is 0 Å². The van der Waals surface area contributed by atoms with E-state index in [9.17, 15) is 9.90 Å². The number of hydrogen-bond acceptors (Lipinski definition) is 5. The monoisotopic (exact) mass is 360 g/mol. The number of phenols is 1. The van der Waals surface area contributed by atoms with Gasteiger partial charge in [0.2, 0.25) is 0 Å². The van der Waals surface area contributed by atoms with Crippen LogP contribution in [0.2, 0.25) is 0 Å². The molecule has 2 aromatic carbocycles. The van der Waals surface area contributed by atoms with Crippen LogP contribution in [0.1, 0.15) is 21.9 Å². The van der Waals surface area contributed by atoms with Crippen molar-refractivity contribution in [2.45, 2.75) is 6.54 Å². The van der Waals surface area contributed by atoms with Crippen LogP contribution >= 0.6 is 0 Å². The van der Waals surface area contributed by atoms with E-state index in [1.54, 1.807) is 29.1 Å². The first kappa shape index (κ1) is 16.6. The van der Waals surface area contributed by atoms with Crippen LogP contribution in [-0.2, 0) is 6.54 Å². The van der Waals surface area contributed by atoms with E-state index in [1.165, 1.54) is 6.21 Å².